The van der Waals surface area contributed by atoms with Crippen LogP contribution < -0.4 is 0 Å². The first-order chi connectivity index (χ1) is 12.3. The summed E-state index contributed by atoms with van der Waals surface area (Å²) in [5.41, 5.74) is 3.53. The number of aromatic nitrogens is 1. The molecule has 0 spiro atoms. The number of rotatable bonds is 6. The van der Waals surface area contributed by atoms with Crippen molar-refractivity contribution in [3.8, 4) is 0 Å². The largest absolute Gasteiger partial charge is 0.344 e. The molecule has 4 nitrogen and oxygen atoms in total. The fraction of sp³-hybridized carbons (Fsp3) is 0.421. The number of thioether (sulfide) groups is 1. The number of benzene rings is 1. The van der Waals surface area contributed by atoms with Gasteiger partial charge in [0.15, 0.2) is 15.6 Å². The van der Waals surface area contributed by atoms with Crippen LogP contribution in [0.5, 0.6) is 0 Å². The lowest BCUT2D eigenvalue weighted by molar-refractivity contribution is 0.102. The molecule has 1 fully saturated rings. The van der Waals surface area contributed by atoms with Gasteiger partial charge in [0.1, 0.15) is 0 Å². The third-order valence-corrected chi connectivity index (χ3v) is 7.91. The lowest BCUT2D eigenvalue weighted by Crippen LogP contribution is -2.14. The van der Waals surface area contributed by atoms with E-state index in [0.717, 1.165) is 17.0 Å². The third kappa shape index (κ3) is 4.18. The van der Waals surface area contributed by atoms with Gasteiger partial charge in [0.25, 0.3) is 0 Å². The summed E-state index contributed by atoms with van der Waals surface area (Å²) in [6, 6.07) is 9.47. The van der Waals surface area contributed by atoms with Crippen molar-refractivity contribution >= 4 is 39.0 Å². The number of carbonyl (C=O) groups is 1. The maximum absolute atomic E-state index is 12.7. The highest BCUT2D eigenvalue weighted by Crippen LogP contribution is 2.30. The number of hydrogen-bond donors (Lipinski definition) is 0. The van der Waals surface area contributed by atoms with E-state index in [1.165, 1.54) is 0 Å². The monoisotopic (exact) mass is 411 g/mol. The van der Waals surface area contributed by atoms with E-state index in [-0.39, 0.29) is 23.3 Å². The second-order valence-corrected chi connectivity index (χ2v) is 10.3. The SMILES string of the molecule is Cc1cc(C(=O)CSCc2ccccc2Cl)c(C)n1[C@H]1CCS(=O)(=O)C1. The van der Waals surface area contributed by atoms with Gasteiger partial charge in [-0.15, -0.1) is 11.8 Å². The molecular weight excluding hydrogens is 390 g/mol. The summed E-state index contributed by atoms with van der Waals surface area (Å²) in [5.74, 6) is 1.52. The average molecular weight is 412 g/mol. The van der Waals surface area contributed by atoms with Crippen molar-refractivity contribution in [1.29, 1.82) is 0 Å². The third-order valence-electron chi connectivity index (χ3n) is 4.81. The van der Waals surface area contributed by atoms with Gasteiger partial charge in [-0.3, -0.25) is 4.79 Å². The Morgan fingerprint density at radius 3 is 2.69 bits per heavy atom. The fourth-order valence-electron chi connectivity index (χ4n) is 3.55. The maximum atomic E-state index is 12.7. The summed E-state index contributed by atoms with van der Waals surface area (Å²) in [4.78, 5) is 12.7. The van der Waals surface area contributed by atoms with Gasteiger partial charge in [0, 0.05) is 33.8 Å². The van der Waals surface area contributed by atoms with Gasteiger partial charge in [-0.05, 0) is 38.0 Å². The Balaban J connectivity index is 1.69. The van der Waals surface area contributed by atoms with Crippen LogP contribution in [0.4, 0.5) is 0 Å². The van der Waals surface area contributed by atoms with E-state index >= 15 is 0 Å². The smallest absolute Gasteiger partial charge is 0.174 e. The quantitative estimate of drug-likeness (QED) is 0.667. The Bertz CT molecular complexity index is 934. The van der Waals surface area contributed by atoms with Gasteiger partial charge in [-0.2, -0.15) is 0 Å². The van der Waals surface area contributed by atoms with E-state index in [0.29, 0.717) is 28.5 Å². The van der Waals surface area contributed by atoms with Crippen LogP contribution in [-0.2, 0) is 15.6 Å². The van der Waals surface area contributed by atoms with Crippen LogP contribution in [0.25, 0.3) is 0 Å². The van der Waals surface area contributed by atoms with E-state index in [9.17, 15) is 13.2 Å². The molecule has 26 heavy (non-hydrogen) atoms. The zero-order valence-electron chi connectivity index (χ0n) is 14.9. The molecule has 3 rings (SSSR count). The topological polar surface area (TPSA) is 56.1 Å². The normalized spacial score (nSPS) is 19.0. The summed E-state index contributed by atoms with van der Waals surface area (Å²) < 4.78 is 25.6. The fourth-order valence-corrected chi connectivity index (χ4v) is 6.44. The van der Waals surface area contributed by atoms with Crippen LogP contribution in [0, 0.1) is 13.8 Å². The van der Waals surface area contributed by atoms with Crippen molar-refractivity contribution in [3.05, 3.63) is 57.9 Å². The minimum Gasteiger partial charge on any atom is -0.344 e. The van der Waals surface area contributed by atoms with Crippen molar-refractivity contribution in [2.75, 3.05) is 17.3 Å². The summed E-state index contributed by atoms with van der Waals surface area (Å²) in [6.07, 6.45) is 0.619. The van der Waals surface area contributed by atoms with Crippen molar-refractivity contribution in [2.45, 2.75) is 32.1 Å². The van der Waals surface area contributed by atoms with Crippen LogP contribution in [0.15, 0.2) is 30.3 Å². The summed E-state index contributed by atoms with van der Waals surface area (Å²) in [7, 11) is -2.96. The molecule has 1 saturated heterocycles. The van der Waals surface area contributed by atoms with E-state index in [4.69, 9.17) is 11.6 Å². The lowest BCUT2D eigenvalue weighted by atomic mass is 10.2. The molecule has 1 aliphatic heterocycles. The Labute approximate surface area is 163 Å². The van der Waals surface area contributed by atoms with Crippen molar-refractivity contribution < 1.29 is 13.2 Å². The van der Waals surface area contributed by atoms with E-state index < -0.39 is 9.84 Å². The van der Waals surface area contributed by atoms with Gasteiger partial charge >= 0.3 is 0 Å². The molecule has 140 valence electrons. The van der Waals surface area contributed by atoms with Gasteiger partial charge in [-0.25, -0.2) is 8.42 Å². The van der Waals surface area contributed by atoms with Gasteiger partial charge < -0.3 is 4.57 Å². The molecule has 2 aromatic rings. The molecule has 0 radical (unpaired) electrons. The molecule has 0 saturated carbocycles. The summed E-state index contributed by atoms with van der Waals surface area (Å²) >= 11 is 7.69. The summed E-state index contributed by atoms with van der Waals surface area (Å²) in [5, 5.41) is 0.716. The number of ketones is 1. The molecule has 2 heterocycles. The molecule has 7 heteroatoms. The molecule has 1 aromatic heterocycles. The Hall–Kier alpha value is -1.24. The van der Waals surface area contributed by atoms with E-state index in [1.807, 2.05) is 48.7 Å². The highest BCUT2D eigenvalue weighted by molar-refractivity contribution is 7.99. The molecule has 0 N–H and O–H groups in total. The zero-order chi connectivity index (χ0) is 18.9. The number of halogens is 1. The second-order valence-electron chi connectivity index (χ2n) is 6.72. The lowest BCUT2D eigenvalue weighted by Gasteiger charge is -2.16. The molecule has 0 unspecified atom stereocenters. The molecule has 0 bridgehead atoms. The summed E-state index contributed by atoms with van der Waals surface area (Å²) in [6.45, 7) is 3.84. The first-order valence-corrected chi connectivity index (χ1v) is 11.9. The maximum Gasteiger partial charge on any atom is 0.174 e. The predicted octanol–water partition coefficient (Wildman–Crippen LogP) is 4.23. The van der Waals surface area contributed by atoms with E-state index in [2.05, 4.69) is 0 Å². The number of carbonyl (C=O) groups excluding carboxylic acids is 1. The molecule has 1 aromatic carbocycles. The molecule has 1 atom stereocenters. The molecule has 0 amide bonds. The predicted molar refractivity (Wildman–Crippen MR) is 108 cm³/mol. The number of aryl methyl sites for hydroxylation is 1. The van der Waals surface area contributed by atoms with Gasteiger partial charge in [-0.1, -0.05) is 29.8 Å². The minimum atomic E-state index is -2.96. The minimum absolute atomic E-state index is 0.0580. The standard InChI is InChI=1S/C19H22ClNO3S2/c1-13-9-17(14(2)21(13)16-7-8-26(23,24)12-16)19(22)11-25-10-15-5-3-4-6-18(15)20/h3-6,9,16H,7-8,10-12H2,1-2H3/t16-/m0/s1. The Kier molecular flexibility index (Phi) is 5.85. The second kappa shape index (κ2) is 7.79. The zero-order valence-corrected chi connectivity index (χ0v) is 17.3. The first kappa shape index (κ1) is 19.5. The molecular formula is C19H22ClNO3S2. The van der Waals surface area contributed by atoms with Gasteiger partial charge in [0.2, 0.25) is 0 Å². The average Bonchev–Trinajstić information content (AvgIpc) is 3.07. The number of sulfone groups is 1. The molecule has 0 aliphatic carbocycles. The number of nitrogens with zero attached hydrogens (tertiary/aromatic N) is 1. The highest BCUT2D eigenvalue weighted by Gasteiger charge is 2.31. The van der Waals surface area contributed by atoms with Crippen LogP contribution in [-0.4, -0.2) is 36.0 Å². The van der Waals surface area contributed by atoms with Gasteiger partial charge in [0.05, 0.1) is 17.3 Å². The molecule has 1 aliphatic rings. The van der Waals surface area contributed by atoms with Crippen LogP contribution in [0.2, 0.25) is 5.02 Å². The van der Waals surface area contributed by atoms with Crippen molar-refractivity contribution in [1.82, 2.24) is 4.57 Å². The Morgan fingerprint density at radius 1 is 1.31 bits per heavy atom. The van der Waals surface area contributed by atoms with Crippen LogP contribution in [0.1, 0.15) is 39.8 Å². The van der Waals surface area contributed by atoms with E-state index in [1.54, 1.807) is 11.8 Å². The Morgan fingerprint density at radius 2 is 2.04 bits per heavy atom. The van der Waals surface area contributed by atoms with Crippen molar-refractivity contribution in [3.63, 3.8) is 0 Å². The number of hydrogen-bond acceptors (Lipinski definition) is 4. The first-order valence-electron chi connectivity index (χ1n) is 8.51. The number of Topliss-reactive ketones (excluding diaryl/α,β-unsaturated/α-hetero) is 1. The van der Waals surface area contributed by atoms with Crippen LogP contribution >= 0.6 is 23.4 Å². The highest BCUT2D eigenvalue weighted by atomic mass is 35.5. The van der Waals surface area contributed by atoms with Crippen molar-refractivity contribution in [2.24, 2.45) is 0 Å². The van der Waals surface area contributed by atoms with Crippen LogP contribution in [0.3, 0.4) is 0 Å².